The Labute approximate surface area is 158 Å². The summed E-state index contributed by atoms with van der Waals surface area (Å²) >= 11 is 8.70. The minimum atomic E-state index is -4.74. The van der Waals surface area contributed by atoms with Crippen LogP contribution in [0, 0.1) is 0 Å². The summed E-state index contributed by atoms with van der Waals surface area (Å²) in [5, 5.41) is 3.59. The van der Waals surface area contributed by atoms with E-state index >= 15 is 0 Å². The molecule has 0 bridgehead atoms. The van der Waals surface area contributed by atoms with Gasteiger partial charge in [0.25, 0.3) is 5.56 Å². The van der Waals surface area contributed by atoms with Gasteiger partial charge in [0.05, 0.1) is 5.56 Å². The molecule has 1 aromatic heterocycles. The van der Waals surface area contributed by atoms with E-state index in [0.717, 1.165) is 4.47 Å². The van der Waals surface area contributed by atoms with Crippen molar-refractivity contribution in [2.45, 2.75) is 12.7 Å². The molecule has 0 saturated heterocycles. The Hall–Kier alpha value is -2.33. The summed E-state index contributed by atoms with van der Waals surface area (Å²) in [5.74, 6) is -0.989. The third-order valence-electron chi connectivity index (χ3n) is 3.04. The van der Waals surface area contributed by atoms with Gasteiger partial charge in [0.15, 0.2) is 0 Å². The number of carbonyl (C=O) groups excluding carboxylic acids is 2. The maximum absolute atomic E-state index is 12.8. The van der Waals surface area contributed by atoms with Crippen LogP contribution in [0.25, 0.3) is 0 Å². The molecule has 0 unspecified atom stereocenters. The molecular weight excluding hydrogens is 443 g/mol. The van der Waals surface area contributed by atoms with E-state index in [9.17, 15) is 27.6 Å². The van der Waals surface area contributed by atoms with E-state index in [0.29, 0.717) is 22.5 Å². The molecule has 0 atom stereocenters. The Morgan fingerprint density at radius 3 is 2.38 bits per heavy atom. The van der Waals surface area contributed by atoms with E-state index in [1.807, 2.05) is 5.32 Å². The van der Waals surface area contributed by atoms with Crippen molar-refractivity contribution in [1.29, 1.82) is 0 Å². The molecule has 11 heteroatoms. The van der Waals surface area contributed by atoms with Gasteiger partial charge in [-0.15, -0.1) is 0 Å². The van der Waals surface area contributed by atoms with Gasteiger partial charge in [-0.3, -0.25) is 14.9 Å². The van der Waals surface area contributed by atoms with Gasteiger partial charge in [0.1, 0.15) is 11.6 Å². The summed E-state index contributed by atoms with van der Waals surface area (Å²) in [7, 11) is 0. The lowest BCUT2D eigenvalue weighted by molar-refractivity contribution is -0.138. The maximum atomic E-state index is 12.8. The molecule has 0 radical (unpaired) electrons. The van der Waals surface area contributed by atoms with E-state index < -0.39 is 40.8 Å². The molecule has 26 heavy (non-hydrogen) atoms. The Morgan fingerprint density at radius 2 is 1.81 bits per heavy atom. The molecule has 1 aromatic carbocycles. The number of nitrogens with zero attached hydrogens (tertiary/aromatic N) is 1. The molecule has 2 rings (SSSR count). The first-order chi connectivity index (χ1) is 12.1. The van der Waals surface area contributed by atoms with Crippen molar-refractivity contribution in [2.75, 3.05) is 5.32 Å². The number of alkyl halides is 3. The van der Waals surface area contributed by atoms with Gasteiger partial charge >= 0.3 is 12.2 Å². The number of anilines is 1. The highest BCUT2D eigenvalue weighted by Gasteiger charge is 2.32. The van der Waals surface area contributed by atoms with Gasteiger partial charge in [0.2, 0.25) is 5.91 Å². The molecule has 0 aliphatic carbocycles. The van der Waals surface area contributed by atoms with Crippen molar-refractivity contribution in [3.05, 3.63) is 61.9 Å². The molecule has 0 aliphatic heterocycles. The quantitative estimate of drug-likeness (QED) is 0.746. The standard InChI is InChI=1S/C15H10BrClF3N3O3/c16-9-1-3-10(4-2-9)21-14(26)22-12(24)7-23-6-8(15(18,19)20)5-11(17)13(23)25/h1-6H,7H2,(H2,21,22,24,26). The monoisotopic (exact) mass is 451 g/mol. The van der Waals surface area contributed by atoms with E-state index in [2.05, 4.69) is 21.2 Å². The van der Waals surface area contributed by atoms with Crippen LogP contribution in [0.15, 0.2) is 45.8 Å². The number of nitrogens with one attached hydrogen (secondary N) is 2. The van der Waals surface area contributed by atoms with Crippen LogP contribution in [0.1, 0.15) is 5.56 Å². The minimum absolute atomic E-state index is 0.387. The van der Waals surface area contributed by atoms with Gasteiger partial charge in [-0.05, 0) is 30.3 Å². The lowest BCUT2D eigenvalue weighted by Gasteiger charge is -2.12. The predicted molar refractivity (Wildman–Crippen MR) is 92.0 cm³/mol. The molecule has 3 amide bonds. The normalized spacial score (nSPS) is 11.1. The Morgan fingerprint density at radius 1 is 1.19 bits per heavy atom. The zero-order chi connectivity index (χ0) is 19.5. The number of imide groups is 1. The van der Waals surface area contributed by atoms with Crippen molar-refractivity contribution < 1.29 is 22.8 Å². The van der Waals surface area contributed by atoms with Gasteiger partial charge < -0.3 is 9.88 Å². The summed E-state index contributed by atoms with van der Waals surface area (Å²) in [5.41, 5.74) is -1.78. The second-order valence-electron chi connectivity index (χ2n) is 5.02. The number of amides is 3. The third-order valence-corrected chi connectivity index (χ3v) is 3.84. The van der Waals surface area contributed by atoms with Crippen molar-refractivity contribution >= 4 is 45.2 Å². The summed E-state index contributed by atoms with van der Waals surface area (Å²) in [6.45, 7) is -0.809. The van der Waals surface area contributed by atoms with E-state index in [4.69, 9.17) is 11.6 Å². The molecule has 2 N–H and O–H groups in total. The highest BCUT2D eigenvalue weighted by Crippen LogP contribution is 2.29. The molecule has 0 fully saturated rings. The molecule has 2 aromatic rings. The van der Waals surface area contributed by atoms with Crippen molar-refractivity contribution in [1.82, 2.24) is 9.88 Å². The van der Waals surface area contributed by atoms with E-state index in [1.165, 1.54) is 0 Å². The van der Waals surface area contributed by atoms with Crippen LogP contribution in [0.3, 0.4) is 0 Å². The van der Waals surface area contributed by atoms with E-state index in [1.54, 1.807) is 24.3 Å². The number of urea groups is 1. The first-order valence-corrected chi connectivity index (χ1v) is 8.07. The molecule has 6 nitrogen and oxygen atoms in total. The van der Waals surface area contributed by atoms with Crippen LogP contribution in [-0.2, 0) is 17.5 Å². The van der Waals surface area contributed by atoms with Crippen LogP contribution in [0.5, 0.6) is 0 Å². The zero-order valence-corrected chi connectivity index (χ0v) is 15.1. The Bertz CT molecular complexity index is 898. The first kappa shape index (κ1) is 20.0. The topological polar surface area (TPSA) is 80.2 Å². The fraction of sp³-hybridized carbons (Fsp3) is 0.133. The number of halogens is 5. The molecule has 0 spiro atoms. The summed E-state index contributed by atoms with van der Waals surface area (Å²) in [6.07, 6.45) is -4.28. The molecular formula is C15H10BrClF3N3O3. The highest BCUT2D eigenvalue weighted by atomic mass is 79.9. The highest BCUT2D eigenvalue weighted by molar-refractivity contribution is 9.10. The van der Waals surface area contributed by atoms with Crippen LogP contribution in [0.4, 0.5) is 23.7 Å². The van der Waals surface area contributed by atoms with Crippen LogP contribution >= 0.6 is 27.5 Å². The van der Waals surface area contributed by atoms with Crippen LogP contribution in [-0.4, -0.2) is 16.5 Å². The predicted octanol–water partition coefficient (Wildman–Crippen LogP) is 3.63. The van der Waals surface area contributed by atoms with Crippen molar-refractivity contribution in [3.63, 3.8) is 0 Å². The number of hydrogen-bond donors (Lipinski definition) is 2. The number of pyridine rings is 1. The average Bonchev–Trinajstić information content (AvgIpc) is 2.52. The SMILES string of the molecule is O=C(Cn1cc(C(F)(F)F)cc(Cl)c1=O)NC(=O)Nc1ccc(Br)cc1. The fourth-order valence-electron chi connectivity index (χ4n) is 1.89. The van der Waals surface area contributed by atoms with Crippen molar-refractivity contribution in [2.24, 2.45) is 0 Å². The zero-order valence-electron chi connectivity index (χ0n) is 12.7. The number of benzene rings is 1. The Kier molecular flexibility index (Phi) is 6.09. The number of rotatable bonds is 3. The molecule has 0 aliphatic rings. The van der Waals surface area contributed by atoms with Gasteiger partial charge in [0, 0.05) is 16.4 Å². The Balaban J connectivity index is 2.07. The van der Waals surface area contributed by atoms with Crippen molar-refractivity contribution in [3.8, 4) is 0 Å². The largest absolute Gasteiger partial charge is 0.417 e. The number of aromatic nitrogens is 1. The second-order valence-corrected chi connectivity index (χ2v) is 6.34. The maximum Gasteiger partial charge on any atom is 0.417 e. The summed E-state index contributed by atoms with van der Waals surface area (Å²) < 4.78 is 39.5. The van der Waals surface area contributed by atoms with Gasteiger partial charge in [-0.2, -0.15) is 13.2 Å². The van der Waals surface area contributed by atoms with Gasteiger partial charge in [-0.25, -0.2) is 4.79 Å². The third kappa shape index (κ3) is 5.33. The van der Waals surface area contributed by atoms with Crippen LogP contribution in [0.2, 0.25) is 5.02 Å². The molecule has 1 heterocycles. The minimum Gasteiger partial charge on any atom is -0.308 e. The average molecular weight is 453 g/mol. The number of carbonyl (C=O) groups is 2. The smallest absolute Gasteiger partial charge is 0.308 e. The summed E-state index contributed by atoms with van der Waals surface area (Å²) in [4.78, 5) is 35.3. The van der Waals surface area contributed by atoms with E-state index in [-0.39, 0.29) is 0 Å². The molecule has 138 valence electrons. The lowest BCUT2D eigenvalue weighted by atomic mass is 10.2. The first-order valence-electron chi connectivity index (χ1n) is 6.90. The molecule has 0 saturated carbocycles. The fourth-order valence-corrected chi connectivity index (χ4v) is 2.38. The number of hydrogen-bond acceptors (Lipinski definition) is 3. The lowest BCUT2D eigenvalue weighted by Crippen LogP contribution is -2.38. The van der Waals surface area contributed by atoms with Gasteiger partial charge in [-0.1, -0.05) is 27.5 Å². The summed E-state index contributed by atoms with van der Waals surface area (Å²) in [6, 6.07) is 6.00. The van der Waals surface area contributed by atoms with Crippen LogP contribution < -0.4 is 16.2 Å². The second kappa shape index (κ2) is 7.92.